The van der Waals surface area contributed by atoms with E-state index >= 15 is 0 Å². The highest BCUT2D eigenvalue weighted by Gasteiger charge is 2.48. The first-order chi connectivity index (χ1) is 14.3. The second-order valence-electron chi connectivity index (χ2n) is 6.97. The van der Waals surface area contributed by atoms with Crippen molar-refractivity contribution in [3.63, 3.8) is 0 Å². The van der Waals surface area contributed by atoms with Gasteiger partial charge in [-0.2, -0.15) is 18.3 Å². The Kier molecular flexibility index (Phi) is 5.63. The van der Waals surface area contributed by atoms with E-state index in [0.29, 0.717) is 5.69 Å². The minimum atomic E-state index is -4.50. The van der Waals surface area contributed by atoms with Crippen LogP contribution in [-0.2, 0) is 6.42 Å². The van der Waals surface area contributed by atoms with Gasteiger partial charge >= 0.3 is 6.18 Å². The fourth-order valence-electron chi connectivity index (χ4n) is 3.42. The highest BCUT2D eigenvalue weighted by atomic mass is 79.9. The first kappa shape index (κ1) is 20.9. The molecule has 0 aliphatic carbocycles. The van der Waals surface area contributed by atoms with Crippen LogP contribution >= 0.6 is 27.3 Å². The van der Waals surface area contributed by atoms with Crippen LogP contribution in [0, 0.1) is 0 Å². The van der Waals surface area contributed by atoms with Gasteiger partial charge in [-0.05, 0) is 51.5 Å². The second kappa shape index (κ2) is 8.07. The molecule has 0 spiro atoms. The van der Waals surface area contributed by atoms with Crippen molar-refractivity contribution >= 4 is 44.7 Å². The lowest BCUT2D eigenvalue weighted by atomic mass is 10.0. The average Bonchev–Trinajstić information content (AvgIpc) is 3.36. The number of aromatic nitrogens is 2. The van der Waals surface area contributed by atoms with Crippen molar-refractivity contribution in [2.45, 2.75) is 38.0 Å². The van der Waals surface area contributed by atoms with Gasteiger partial charge in [0.1, 0.15) is 5.82 Å². The van der Waals surface area contributed by atoms with Gasteiger partial charge in [0.05, 0.1) is 10.5 Å². The molecule has 1 amide bonds. The number of amides is 1. The van der Waals surface area contributed by atoms with Crippen LogP contribution in [0.15, 0.2) is 46.3 Å². The van der Waals surface area contributed by atoms with Crippen LogP contribution < -0.4 is 10.6 Å². The number of nitrogens with one attached hydrogen (secondary N) is 2. The molecule has 1 aliphatic rings. The Morgan fingerprint density at radius 2 is 2.07 bits per heavy atom. The number of fused-ring (bicyclic) bond motifs is 1. The van der Waals surface area contributed by atoms with Crippen LogP contribution in [0.25, 0.3) is 0 Å². The topological polar surface area (TPSA) is 59.0 Å². The molecule has 4 rings (SSSR count). The second-order valence-corrected chi connectivity index (χ2v) is 8.74. The average molecular weight is 499 g/mol. The quantitative estimate of drug-likeness (QED) is 0.451. The van der Waals surface area contributed by atoms with Crippen molar-refractivity contribution in [3.8, 4) is 0 Å². The summed E-state index contributed by atoms with van der Waals surface area (Å²) in [6.45, 7) is 2.02. The van der Waals surface area contributed by atoms with Crippen molar-refractivity contribution in [1.82, 2.24) is 9.78 Å². The summed E-state index contributed by atoms with van der Waals surface area (Å²) in [6.07, 6.45) is -3.84. The van der Waals surface area contributed by atoms with E-state index in [1.165, 1.54) is 11.3 Å². The number of halogens is 4. The summed E-state index contributed by atoms with van der Waals surface area (Å²) in [7, 11) is 0. The van der Waals surface area contributed by atoms with Gasteiger partial charge in [-0.15, -0.1) is 11.3 Å². The van der Waals surface area contributed by atoms with Gasteiger partial charge in [0.2, 0.25) is 0 Å². The fraction of sp³-hybridized carbons (Fsp3) is 0.300. The zero-order chi connectivity index (χ0) is 21.5. The van der Waals surface area contributed by atoms with Crippen molar-refractivity contribution in [1.29, 1.82) is 0 Å². The molecule has 2 N–H and O–H groups in total. The number of carbonyl (C=O) groups is 1. The summed E-state index contributed by atoms with van der Waals surface area (Å²) >= 11 is 4.67. The Balaban J connectivity index is 1.66. The molecule has 2 atom stereocenters. The number of hydrogen-bond acceptors (Lipinski definition) is 4. The van der Waals surface area contributed by atoms with E-state index in [4.69, 9.17) is 0 Å². The zero-order valence-corrected chi connectivity index (χ0v) is 18.2. The molecule has 1 aromatic carbocycles. The maximum atomic E-state index is 13.8. The Morgan fingerprint density at radius 1 is 1.33 bits per heavy atom. The summed E-state index contributed by atoms with van der Waals surface area (Å²) < 4.78 is 42.5. The minimum absolute atomic E-state index is 0.0989. The normalized spacial score (nSPS) is 18.6. The lowest BCUT2D eigenvalue weighted by molar-refractivity contribution is -0.173. The summed E-state index contributed by atoms with van der Waals surface area (Å²) in [5.74, 6) is -0.433. The van der Waals surface area contributed by atoms with Gasteiger partial charge in [0, 0.05) is 17.0 Å². The molecule has 3 aromatic rings. The molecule has 0 saturated carbocycles. The smallest absolute Gasteiger partial charge is 0.362 e. The third kappa shape index (κ3) is 3.98. The van der Waals surface area contributed by atoms with E-state index in [2.05, 4.69) is 31.7 Å². The van der Waals surface area contributed by atoms with E-state index in [1.54, 1.807) is 24.3 Å². The lowest BCUT2D eigenvalue weighted by Gasteiger charge is -2.33. The fourth-order valence-corrected chi connectivity index (χ4v) is 4.77. The molecule has 1 aliphatic heterocycles. The molecule has 0 saturated heterocycles. The van der Waals surface area contributed by atoms with E-state index in [1.807, 2.05) is 24.4 Å². The Morgan fingerprint density at radius 3 is 2.67 bits per heavy atom. The van der Waals surface area contributed by atoms with Crippen LogP contribution in [0.3, 0.4) is 0 Å². The number of thiophene rings is 1. The molecule has 0 fully saturated rings. The van der Waals surface area contributed by atoms with Gasteiger partial charge in [-0.25, -0.2) is 4.68 Å². The van der Waals surface area contributed by atoms with Crippen molar-refractivity contribution < 1.29 is 18.0 Å². The monoisotopic (exact) mass is 498 g/mol. The number of nitrogens with zero attached hydrogens (tertiary/aromatic N) is 2. The maximum absolute atomic E-state index is 13.8. The molecule has 158 valence electrons. The van der Waals surface area contributed by atoms with Gasteiger partial charge in [0.25, 0.3) is 5.91 Å². The van der Waals surface area contributed by atoms with Crippen LogP contribution in [0.5, 0.6) is 0 Å². The van der Waals surface area contributed by atoms with Gasteiger partial charge < -0.3 is 10.6 Å². The van der Waals surface area contributed by atoms with E-state index in [0.717, 1.165) is 21.5 Å². The van der Waals surface area contributed by atoms with E-state index in [9.17, 15) is 18.0 Å². The number of anilines is 2. The number of rotatable bonds is 4. The highest BCUT2D eigenvalue weighted by Crippen LogP contribution is 2.46. The summed E-state index contributed by atoms with van der Waals surface area (Å²) in [4.78, 5) is 13.5. The number of carbonyl (C=O) groups excluding carboxylic acids is 1. The highest BCUT2D eigenvalue weighted by molar-refractivity contribution is 9.10. The van der Waals surface area contributed by atoms with Crippen LogP contribution in [0.2, 0.25) is 0 Å². The molecule has 0 radical (unpaired) electrons. The standard InChI is InChI=1S/C20H18BrF3N4OS/c1-2-11-5-7-12(8-6-11)25-19(29)17-16(21)18-26-13(14-4-3-9-30-14)10-15(20(22,23)24)28(18)27-17/h3-9,13,15,26H,2,10H2,1H3,(H,25,29)/t13-,15+/m1/s1. The number of aryl methyl sites for hydroxylation is 1. The van der Waals surface area contributed by atoms with Gasteiger partial charge in [-0.3, -0.25) is 4.79 Å². The zero-order valence-electron chi connectivity index (χ0n) is 15.8. The Labute approximate surface area is 183 Å². The molecule has 10 heteroatoms. The molecule has 3 heterocycles. The predicted octanol–water partition coefficient (Wildman–Crippen LogP) is 6.18. The number of alkyl halides is 3. The third-order valence-corrected chi connectivity index (χ3v) is 6.75. The minimum Gasteiger partial charge on any atom is -0.362 e. The largest absolute Gasteiger partial charge is 0.410 e. The van der Waals surface area contributed by atoms with E-state index < -0.39 is 24.2 Å². The molecule has 0 unspecified atom stereocenters. The summed E-state index contributed by atoms with van der Waals surface area (Å²) in [5.41, 5.74) is 1.56. The molecule has 2 aromatic heterocycles. The Hall–Kier alpha value is -2.33. The molecule has 5 nitrogen and oxygen atoms in total. The molecule has 0 bridgehead atoms. The van der Waals surface area contributed by atoms with E-state index in [-0.39, 0.29) is 22.4 Å². The summed E-state index contributed by atoms with van der Waals surface area (Å²) in [5, 5.41) is 11.7. The first-order valence-corrected chi connectivity index (χ1v) is 11.0. The summed E-state index contributed by atoms with van der Waals surface area (Å²) in [6, 6.07) is 8.52. The van der Waals surface area contributed by atoms with Crippen molar-refractivity contribution in [2.75, 3.05) is 10.6 Å². The lowest BCUT2D eigenvalue weighted by Crippen LogP contribution is -2.35. The molecular formula is C20H18BrF3N4OS. The number of hydrogen-bond donors (Lipinski definition) is 2. The maximum Gasteiger partial charge on any atom is 0.410 e. The Bertz CT molecular complexity index is 1050. The SMILES string of the molecule is CCc1ccc(NC(=O)c2nn3c(c2Br)N[C@@H](c2cccs2)C[C@H]3C(F)(F)F)cc1. The van der Waals surface area contributed by atoms with Crippen molar-refractivity contribution in [3.05, 3.63) is 62.4 Å². The van der Waals surface area contributed by atoms with Gasteiger partial charge in [-0.1, -0.05) is 25.1 Å². The molecule has 30 heavy (non-hydrogen) atoms. The predicted molar refractivity (Wildman–Crippen MR) is 114 cm³/mol. The third-order valence-electron chi connectivity index (χ3n) is 5.02. The van der Waals surface area contributed by atoms with Crippen molar-refractivity contribution in [2.24, 2.45) is 0 Å². The van der Waals surface area contributed by atoms with Crippen LogP contribution in [-0.4, -0.2) is 21.9 Å². The van der Waals surface area contributed by atoms with Crippen LogP contribution in [0.4, 0.5) is 24.7 Å². The molecular weight excluding hydrogens is 481 g/mol. The van der Waals surface area contributed by atoms with Crippen LogP contribution in [0.1, 0.15) is 46.4 Å². The van der Waals surface area contributed by atoms with Gasteiger partial charge in [0.15, 0.2) is 11.7 Å². The first-order valence-electron chi connectivity index (χ1n) is 9.33. The number of benzene rings is 1.